The molecule has 210 valence electrons. The van der Waals surface area contributed by atoms with Crippen molar-refractivity contribution >= 4 is 29.1 Å². The van der Waals surface area contributed by atoms with Crippen molar-refractivity contribution in [1.82, 2.24) is 5.32 Å². The Morgan fingerprint density at radius 3 is 2.38 bits per heavy atom. The number of hydrogen-bond donors (Lipinski definition) is 2. The summed E-state index contributed by atoms with van der Waals surface area (Å²) in [6.45, 7) is 4.45. The summed E-state index contributed by atoms with van der Waals surface area (Å²) >= 11 is 0. The predicted octanol–water partition coefficient (Wildman–Crippen LogP) is 5.52. The number of halogens is 3. The van der Waals surface area contributed by atoms with E-state index in [1.165, 1.54) is 22.6 Å². The molecular weight excluding hydrogens is 523 g/mol. The first kappa shape index (κ1) is 28.7. The molecular formula is C30H30F3N3O4. The van der Waals surface area contributed by atoms with Crippen molar-refractivity contribution in [3.05, 3.63) is 89.5 Å². The molecule has 0 saturated carbocycles. The Morgan fingerprint density at radius 2 is 1.73 bits per heavy atom. The van der Waals surface area contributed by atoms with Crippen LogP contribution in [0, 0.1) is 5.92 Å². The van der Waals surface area contributed by atoms with Crippen LogP contribution in [0.15, 0.2) is 72.8 Å². The summed E-state index contributed by atoms with van der Waals surface area (Å²) in [5.41, 5.74) is 1.94. The lowest BCUT2D eigenvalue weighted by molar-refractivity contribution is -0.137. The van der Waals surface area contributed by atoms with Gasteiger partial charge in [0.05, 0.1) is 11.5 Å². The van der Waals surface area contributed by atoms with Crippen molar-refractivity contribution in [1.29, 1.82) is 0 Å². The fourth-order valence-corrected chi connectivity index (χ4v) is 4.33. The van der Waals surface area contributed by atoms with Crippen LogP contribution < -0.4 is 20.3 Å². The minimum absolute atomic E-state index is 0.00828. The van der Waals surface area contributed by atoms with Crippen LogP contribution >= 0.6 is 0 Å². The van der Waals surface area contributed by atoms with Crippen molar-refractivity contribution in [2.45, 2.75) is 38.9 Å². The highest BCUT2D eigenvalue weighted by molar-refractivity contribution is 6.00. The van der Waals surface area contributed by atoms with Crippen LogP contribution in [0.2, 0.25) is 0 Å². The van der Waals surface area contributed by atoms with E-state index in [4.69, 9.17) is 4.74 Å². The fourth-order valence-electron chi connectivity index (χ4n) is 4.33. The first-order chi connectivity index (χ1) is 19.0. The maximum atomic E-state index is 12.9. The molecule has 0 unspecified atom stereocenters. The molecule has 1 heterocycles. The molecule has 10 heteroatoms. The Labute approximate surface area is 230 Å². The predicted molar refractivity (Wildman–Crippen MR) is 145 cm³/mol. The third-order valence-electron chi connectivity index (χ3n) is 6.60. The molecule has 3 aromatic rings. The molecule has 1 saturated heterocycles. The highest BCUT2D eigenvalue weighted by atomic mass is 19.4. The summed E-state index contributed by atoms with van der Waals surface area (Å²) in [6, 6.07) is 18.8. The number of nitrogens with one attached hydrogen (secondary N) is 2. The molecule has 0 bridgehead atoms. The van der Waals surface area contributed by atoms with Crippen LogP contribution in [0.3, 0.4) is 0 Å². The van der Waals surface area contributed by atoms with Gasteiger partial charge in [-0.05, 0) is 59.5 Å². The zero-order valence-corrected chi connectivity index (χ0v) is 22.1. The van der Waals surface area contributed by atoms with Crippen molar-refractivity contribution in [3.63, 3.8) is 0 Å². The molecule has 0 spiro atoms. The number of carbonyl (C=O) groups excluding carboxylic acids is 3. The normalized spacial score (nSPS) is 15.3. The molecule has 1 aliphatic rings. The standard InChI is InChI=1S/C30H30F3N3O4/c1-19(2)21-8-6-20(7-9-21)16-34-29(39)22-14-28(38)36(17-22)25-10-12-26(13-11-25)40-18-27(37)35-24-5-3-4-23(15-24)30(31,32)33/h3-13,15,19,22H,14,16-18H2,1-2H3,(H,34,39)(H,35,37)/t22-/m0/s1. The third-order valence-corrected chi connectivity index (χ3v) is 6.60. The van der Waals surface area contributed by atoms with Crippen molar-refractivity contribution in [2.24, 2.45) is 5.92 Å². The van der Waals surface area contributed by atoms with Crippen LogP contribution in [-0.2, 0) is 27.1 Å². The van der Waals surface area contributed by atoms with Gasteiger partial charge in [0.2, 0.25) is 11.8 Å². The zero-order valence-electron chi connectivity index (χ0n) is 22.1. The monoisotopic (exact) mass is 553 g/mol. The number of ether oxygens (including phenoxy) is 1. The van der Waals surface area contributed by atoms with E-state index in [0.717, 1.165) is 17.7 Å². The lowest BCUT2D eigenvalue weighted by Gasteiger charge is -2.17. The van der Waals surface area contributed by atoms with Gasteiger partial charge in [-0.2, -0.15) is 13.2 Å². The van der Waals surface area contributed by atoms with Gasteiger partial charge >= 0.3 is 6.18 Å². The molecule has 7 nitrogen and oxygen atoms in total. The number of benzene rings is 3. The number of anilines is 2. The fraction of sp³-hybridized carbons (Fsp3) is 0.300. The molecule has 0 radical (unpaired) electrons. The average molecular weight is 554 g/mol. The summed E-state index contributed by atoms with van der Waals surface area (Å²) < 4.78 is 44.0. The Balaban J connectivity index is 1.26. The van der Waals surface area contributed by atoms with Gasteiger partial charge in [0.1, 0.15) is 5.75 Å². The largest absolute Gasteiger partial charge is 0.484 e. The highest BCUT2D eigenvalue weighted by Gasteiger charge is 2.35. The average Bonchev–Trinajstić information content (AvgIpc) is 3.32. The second kappa shape index (κ2) is 12.2. The maximum Gasteiger partial charge on any atom is 0.416 e. The van der Waals surface area contributed by atoms with Crippen molar-refractivity contribution in [2.75, 3.05) is 23.4 Å². The Bertz CT molecular complexity index is 1360. The minimum Gasteiger partial charge on any atom is -0.484 e. The smallest absolute Gasteiger partial charge is 0.416 e. The Morgan fingerprint density at radius 1 is 1.02 bits per heavy atom. The van der Waals surface area contributed by atoms with E-state index in [9.17, 15) is 27.6 Å². The molecule has 1 fully saturated rings. The molecule has 0 aromatic heterocycles. The molecule has 0 aliphatic carbocycles. The molecule has 4 rings (SSSR count). The molecule has 2 N–H and O–H groups in total. The van der Waals surface area contributed by atoms with E-state index in [1.807, 2.05) is 24.3 Å². The number of hydrogen-bond acceptors (Lipinski definition) is 4. The Kier molecular flexibility index (Phi) is 8.77. The summed E-state index contributed by atoms with van der Waals surface area (Å²) in [5.74, 6) is -0.684. The van der Waals surface area contributed by atoms with Gasteiger partial charge in [0.25, 0.3) is 5.91 Å². The topological polar surface area (TPSA) is 87.7 Å². The van der Waals surface area contributed by atoms with Crippen LogP contribution in [0.5, 0.6) is 5.75 Å². The number of carbonyl (C=O) groups is 3. The van der Waals surface area contributed by atoms with E-state index in [1.54, 1.807) is 24.3 Å². The van der Waals surface area contributed by atoms with Crippen molar-refractivity contribution < 1.29 is 32.3 Å². The highest BCUT2D eigenvalue weighted by Crippen LogP contribution is 2.31. The van der Waals surface area contributed by atoms with E-state index < -0.39 is 30.2 Å². The summed E-state index contributed by atoms with van der Waals surface area (Å²) in [4.78, 5) is 39.0. The molecule has 1 aliphatic heterocycles. The molecule has 40 heavy (non-hydrogen) atoms. The van der Waals surface area contributed by atoms with Gasteiger partial charge in [-0.1, -0.05) is 44.2 Å². The van der Waals surface area contributed by atoms with Gasteiger partial charge in [0, 0.05) is 30.9 Å². The van der Waals surface area contributed by atoms with Crippen LogP contribution in [0.4, 0.5) is 24.5 Å². The second-order valence-electron chi connectivity index (χ2n) is 9.93. The van der Waals surface area contributed by atoms with E-state index in [-0.39, 0.29) is 30.5 Å². The lowest BCUT2D eigenvalue weighted by atomic mass is 10.0. The quantitative estimate of drug-likeness (QED) is 0.366. The second-order valence-corrected chi connectivity index (χ2v) is 9.93. The van der Waals surface area contributed by atoms with Crippen molar-refractivity contribution in [3.8, 4) is 5.75 Å². The minimum atomic E-state index is -4.51. The van der Waals surface area contributed by atoms with Crippen LogP contribution in [0.1, 0.15) is 42.9 Å². The molecule has 1 atom stereocenters. The molecule has 3 amide bonds. The summed E-state index contributed by atoms with van der Waals surface area (Å²) in [5, 5.41) is 5.29. The number of nitrogens with zero attached hydrogens (tertiary/aromatic N) is 1. The number of alkyl halides is 3. The van der Waals surface area contributed by atoms with Gasteiger partial charge in [-0.15, -0.1) is 0 Å². The summed E-state index contributed by atoms with van der Waals surface area (Å²) in [7, 11) is 0. The number of amides is 3. The first-order valence-corrected chi connectivity index (χ1v) is 12.9. The maximum absolute atomic E-state index is 12.9. The SMILES string of the molecule is CC(C)c1ccc(CNC(=O)[C@H]2CC(=O)N(c3ccc(OCC(=O)Nc4cccc(C(F)(F)F)c4)cc3)C2)cc1. The summed E-state index contributed by atoms with van der Waals surface area (Å²) in [6.07, 6.45) is -4.41. The van der Waals surface area contributed by atoms with Crippen LogP contribution in [0.25, 0.3) is 0 Å². The number of rotatable bonds is 9. The van der Waals surface area contributed by atoms with E-state index >= 15 is 0 Å². The van der Waals surface area contributed by atoms with Gasteiger partial charge in [-0.3, -0.25) is 14.4 Å². The third kappa shape index (κ3) is 7.40. The van der Waals surface area contributed by atoms with E-state index in [2.05, 4.69) is 24.5 Å². The first-order valence-electron chi connectivity index (χ1n) is 12.9. The van der Waals surface area contributed by atoms with E-state index in [0.29, 0.717) is 23.9 Å². The zero-order chi connectivity index (χ0) is 28.9. The van der Waals surface area contributed by atoms with Gasteiger partial charge < -0.3 is 20.3 Å². The Hall–Kier alpha value is -4.34. The van der Waals surface area contributed by atoms with Gasteiger partial charge in [-0.25, -0.2) is 0 Å². The lowest BCUT2D eigenvalue weighted by Crippen LogP contribution is -2.32. The van der Waals surface area contributed by atoms with Gasteiger partial charge in [0.15, 0.2) is 6.61 Å². The van der Waals surface area contributed by atoms with Crippen LogP contribution in [-0.4, -0.2) is 30.9 Å². The molecule has 3 aromatic carbocycles.